The van der Waals surface area contributed by atoms with Crippen LogP contribution < -0.4 is 5.32 Å². The number of nitrogens with zero attached hydrogens (tertiary/aromatic N) is 2. The third kappa shape index (κ3) is 3.75. The zero-order valence-electron chi connectivity index (χ0n) is 16.7. The molecule has 30 heavy (non-hydrogen) atoms. The molecule has 5 rings (SSSR count). The summed E-state index contributed by atoms with van der Waals surface area (Å²) in [5.41, 5.74) is 3.89. The maximum atomic E-state index is 13.0. The van der Waals surface area contributed by atoms with E-state index in [9.17, 15) is 4.79 Å². The zero-order chi connectivity index (χ0) is 20.6. The standard InChI is InChI=1S/C24H24ClN3O2/c25-20-8-4-7-19(13-20)24(10-11-24)23(29)26-14-21-22-18(9-12-30-21)16-28(27-22)15-17-5-2-1-3-6-17/h1-8,13,16,21H,9-12,14-15H2,(H,26,29)/t21-/m0/s1. The number of carbonyl (C=O) groups is 1. The van der Waals surface area contributed by atoms with Gasteiger partial charge < -0.3 is 10.1 Å². The maximum Gasteiger partial charge on any atom is 0.230 e. The van der Waals surface area contributed by atoms with Crippen LogP contribution in [0.4, 0.5) is 0 Å². The maximum absolute atomic E-state index is 13.0. The minimum Gasteiger partial charge on any atom is -0.370 e. The molecule has 1 amide bonds. The Kier molecular flexibility index (Phi) is 5.09. The van der Waals surface area contributed by atoms with Gasteiger partial charge in [-0.15, -0.1) is 0 Å². The Morgan fingerprint density at radius 2 is 2.03 bits per heavy atom. The molecule has 3 aromatic rings. The van der Waals surface area contributed by atoms with Crippen molar-refractivity contribution in [2.45, 2.75) is 37.3 Å². The smallest absolute Gasteiger partial charge is 0.230 e. The van der Waals surface area contributed by atoms with Crippen molar-refractivity contribution in [3.8, 4) is 0 Å². The summed E-state index contributed by atoms with van der Waals surface area (Å²) in [4.78, 5) is 13.0. The number of nitrogens with one attached hydrogen (secondary N) is 1. The van der Waals surface area contributed by atoms with E-state index >= 15 is 0 Å². The molecule has 1 fully saturated rings. The Hall–Kier alpha value is -2.63. The highest BCUT2D eigenvalue weighted by atomic mass is 35.5. The van der Waals surface area contributed by atoms with Crippen molar-refractivity contribution < 1.29 is 9.53 Å². The number of benzene rings is 2. The predicted molar refractivity (Wildman–Crippen MR) is 116 cm³/mol. The largest absolute Gasteiger partial charge is 0.370 e. The number of aromatic nitrogens is 2. The summed E-state index contributed by atoms with van der Waals surface area (Å²) < 4.78 is 7.93. The molecule has 0 spiro atoms. The molecule has 6 heteroatoms. The topological polar surface area (TPSA) is 56.1 Å². The molecule has 1 aliphatic carbocycles. The first-order valence-corrected chi connectivity index (χ1v) is 10.8. The second-order valence-electron chi connectivity index (χ2n) is 8.13. The molecule has 1 aliphatic heterocycles. The third-order valence-electron chi connectivity index (χ3n) is 6.06. The van der Waals surface area contributed by atoms with Crippen LogP contribution in [0.5, 0.6) is 0 Å². The van der Waals surface area contributed by atoms with Crippen LogP contribution in [0, 0.1) is 0 Å². The van der Waals surface area contributed by atoms with Gasteiger partial charge in [0.05, 0.1) is 24.3 Å². The van der Waals surface area contributed by atoms with Gasteiger partial charge in [-0.1, -0.05) is 54.1 Å². The molecule has 1 aromatic heterocycles. The number of rotatable bonds is 6. The van der Waals surface area contributed by atoms with E-state index in [4.69, 9.17) is 21.4 Å². The van der Waals surface area contributed by atoms with Crippen LogP contribution in [0.2, 0.25) is 5.02 Å². The molecule has 5 nitrogen and oxygen atoms in total. The lowest BCUT2D eigenvalue weighted by atomic mass is 9.95. The van der Waals surface area contributed by atoms with Crippen LogP contribution in [-0.2, 0) is 27.9 Å². The van der Waals surface area contributed by atoms with E-state index in [2.05, 4.69) is 23.6 Å². The Morgan fingerprint density at radius 1 is 1.20 bits per heavy atom. The van der Waals surface area contributed by atoms with Gasteiger partial charge in [-0.2, -0.15) is 5.10 Å². The van der Waals surface area contributed by atoms with Crippen molar-refractivity contribution in [1.82, 2.24) is 15.1 Å². The van der Waals surface area contributed by atoms with E-state index in [-0.39, 0.29) is 12.0 Å². The molecule has 0 unspecified atom stereocenters. The fourth-order valence-corrected chi connectivity index (χ4v) is 4.44. The fraction of sp³-hybridized carbons (Fsp3) is 0.333. The van der Waals surface area contributed by atoms with Crippen molar-refractivity contribution in [1.29, 1.82) is 0 Å². The molecule has 0 bridgehead atoms. The number of hydrogen-bond donors (Lipinski definition) is 1. The highest BCUT2D eigenvalue weighted by Gasteiger charge is 2.51. The van der Waals surface area contributed by atoms with Gasteiger partial charge in [0.25, 0.3) is 0 Å². The van der Waals surface area contributed by atoms with Gasteiger partial charge >= 0.3 is 0 Å². The molecule has 1 saturated carbocycles. The fourth-order valence-electron chi connectivity index (χ4n) is 4.25. The molecule has 0 radical (unpaired) electrons. The van der Waals surface area contributed by atoms with Crippen LogP contribution in [0.15, 0.2) is 60.8 Å². The average molecular weight is 422 g/mol. The number of fused-ring (bicyclic) bond motifs is 1. The SMILES string of the molecule is O=C(NC[C@@H]1OCCc2cn(Cc3ccccc3)nc21)C1(c2cccc(Cl)c2)CC1. The lowest BCUT2D eigenvalue weighted by molar-refractivity contribution is -0.124. The van der Waals surface area contributed by atoms with Crippen molar-refractivity contribution in [2.75, 3.05) is 13.2 Å². The highest BCUT2D eigenvalue weighted by Crippen LogP contribution is 2.49. The van der Waals surface area contributed by atoms with Crippen LogP contribution >= 0.6 is 11.6 Å². The van der Waals surface area contributed by atoms with Crippen molar-refractivity contribution in [3.63, 3.8) is 0 Å². The monoisotopic (exact) mass is 421 g/mol. The third-order valence-corrected chi connectivity index (χ3v) is 6.30. The van der Waals surface area contributed by atoms with E-state index in [1.165, 1.54) is 11.1 Å². The van der Waals surface area contributed by atoms with Crippen LogP contribution in [0.25, 0.3) is 0 Å². The van der Waals surface area contributed by atoms with Gasteiger partial charge in [-0.05, 0) is 48.1 Å². The lowest BCUT2D eigenvalue weighted by Crippen LogP contribution is -2.38. The van der Waals surface area contributed by atoms with E-state index in [0.717, 1.165) is 37.1 Å². The number of ether oxygens (including phenoxy) is 1. The summed E-state index contributed by atoms with van der Waals surface area (Å²) in [7, 11) is 0. The summed E-state index contributed by atoms with van der Waals surface area (Å²) >= 11 is 6.14. The number of halogens is 1. The average Bonchev–Trinajstić information content (AvgIpc) is 3.47. The minimum absolute atomic E-state index is 0.0456. The molecular weight excluding hydrogens is 398 g/mol. The van der Waals surface area contributed by atoms with Gasteiger partial charge in [0.15, 0.2) is 0 Å². The van der Waals surface area contributed by atoms with Crippen molar-refractivity contribution in [3.05, 3.63) is 88.2 Å². The Morgan fingerprint density at radius 3 is 2.80 bits per heavy atom. The number of amides is 1. The first-order chi connectivity index (χ1) is 14.6. The quantitative estimate of drug-likeness (QED) is 0.653. The van der Waals surface area contributed by atoms with Crippen LogP contribution in [0.1, 0.15) is 41.3 Å². The lowest BCUT2D eigenvalue weighted by Gasteiger charge is -2.24. The number of hydrogen-bond acceptors (Lipinski definition) is 3. The summed E-state index contributed by atoms with van der Waals surface area (Å²) in [6.45, 7) is 1.80. The molecule has 2 heterocycles. The predicted octanol–water partition coefficient (Wildman–Crippen LogP) is 4.05. The van der Waals surface area contributed by atoms with Crippen LogP contribution in [-0.4, -0.2) is 28.8 Å². The summed E-state index contributed by atoms with van der Waals surface area (Å²) in [5, 5.41) is 8.56. The molecule has 1 atom stereocenters. The van der Waals surface area contributed by atoms with Crippen molar-refractivity contribution >= 4 is 17.5 Å². The molecule has 2 aromatic carbocycles. The molecule has 0 saturated heterocycles. The van der Waals surface area contributed by atoms with Gasteiger partial charge in [0, 0.05) is 17.8 Å². The summed E-state index contributed by atoms with van der Waals surface area (Å²) in [5.74, 6) is 0.0456. The van der Waals surface area contributed by atoms with E-state index in [1.54, 1.807) is 0 Å². The Balaban J connectivity index is 1.27. The van der Waals surface area contributed by atoms with Gasteiger partial charge in [-0.25, -0.2) is 0 Å². The van der Waals surface area contributed by atoms with Gasteiger partial charge in [-0.3, -0.25) is 9.48 Å². The molecular formula is C24H24ClN3O2. The van der Waals surface area contributed by atoms with E-state index in [1.807, 2.05) is 47.1 Å². The zero-order valence-corrected chi connectivity index (χ0v) is 17.4. The first kappa shape index (κ1) is 19.3. The Labute approximate surface area is 181 Å². The summed E-state index contributed by atoms with van der Waals surface area (Å²) in [6.07, 6.45) is 4.43. The van der Waals surface area contributed by atoms with E-state index in [0.29, 0.717) is 18.2 Å². The van der Waals surface area contributed by atoms with E-state index < -0.39 is 5.41 Å². The van der Waals surface area contributed by atoms with Crippen LogP contribution in [0.3, 0.4) is 0 Å². The van der Waals surface area contributed by atoms with Gasteiger partial charge in [0.2, 0.25) is 5.91 Å². The molecule has 1 N–H and O–H groups in total. The Bertz CT molecular complexity index is 1060. The van der Waals surface area contributed by atoms with Crippen molar-refractivity contribution in [2.24, 2.45) is 0 Å². The first-order valence-electron chi connectivity index (χ1n) is 10.4. The molecule has 2 aliphatic rings. The second-order valence-corrected chi connectivity index (χ2v) is 8.57. The normalized spacial score (nSPS) is 19.2. The highest BCUT2D eigenvalue weighted by molar-refractivity contribution is 6.30. The minimum atomic E-state index is -0.449. The second kappa shape index (κ2) is 7.89. The number of carbonyl (C=O) groups excluding carboxylic acids is 1. The molecule has 154 valence electrons. The van der Waals surface area contributed by atoms with Gasteiger partial charge in [0.1, 0.15) is 6.10 Å². The summed E-state index contributed by atoms with van der Waals surface area (Å²) in [6, 6.07) is 17.9.